The third-order valence-electron chi connectivity index (χ3n) is 4.46. The van der Waals surface area contributed by atoms with E-state index in [1.165, 1.54) is 11.1 Å². The first-order valence-corrected chi connectivity index (χ1v) is 9.49. The second-order valence-electron chi connectivity index (χ2n) is 6.74. The molecule has 0 saturated carbocycles. The number of rotatable bonds is 9. The van der Waals surface area contributed by atoms with E-state index >= 15 is 0 Å². The maximum absolute atomic E-state index is 12.1. The van der Waals surface area contributed by atoms with Crippen molar-refractivity contribution in [1.29, 1.82) is 0 Å². The van der Waals surface area contributed by atoms with Gasteiger partial charge in [-0.2, -0.15) is 0 Å². The zero-order valence-corrected chi connectivity index (χ0v) is 16.4. The van der Waals surface area contributed by atoms with Crippen molar-refractivity contribution in [3.05, 3.63) is 59.2 Å². The predicted molar refractivity (Wildman–Crippen MR) is 111 cm³/mol. The van der Waals surface area contributed by atoms with E-state index in [2.05, 4.69) is 29.8 Å². The summed E-state index contributed by atoms with van der Waals surface area (Å²) in [6, 6.07) is 13.0. The van der Waals surface area contributed by atoms with Gasteiger partial charge in [-0.15, -0.1) is 0 Å². The van der Waals surface area contributed by atoms with Gasteiger partial charge in [0.15, 0.2) is 0 Å². The summed E-state index contributed by atoms with van der Waals surface area (Å²) in [6.45, 7) is 7.10. The van der Waals surface area contributed by atoms with Crippen LogP contribution in [-0.4, -0.2) is 24.9 Å². The fourth-order valence-corrected chi connectivity index (χ4v) is 2.62. The normalized spacial score (nSPS) is 10.3. The van der Waals surface area contributed by atoms with Crippen molar-refractivity contribution in [3.63, 3.8) is 0 Å². The van der Waals surface area contributed by atoms with E-state index < -0.39 is 0 Å². The van der Waals surface area contributed by atoms with Crippen LogP contribution in [-0.2, 0) is 4.79 Å². The fourth-order valence-electron chi connectivity index (χ4n) is 2.62. The highest BCUT2D eigenvalue weighted by Gasteiger charge is 2.06. The largest absolute Gasteiger partial charge is 0.376 e. The van der Waals surface area contributed by atoms with Gasteiger partial charge in [0.1, 0.15) is 0 Å². The Labute approximate surface area is 161 Å². The standard InChI is InChI=1S/C22H29N3O2/c1-4-5-6-13-23-22(27)18-8-11-19(12-9-18)25-21(26)15-24-20-10-7-16(2)17(3)14-20/h7-12,14,24H,4-6,13,15H2,1-3H3,(H,23,27)(H,25,26). The molecule has 2 rings (SSSR count). The van der Waals surface area contributed by atoms with Crippen molar-refractivity contribution in [3.8, 4) is 0 Å². The number of benzene rings is 2. The molecule has 0 saturated heterocycles. The van der Waals surface area contributed by atoms with Crippen molar-refractivity contribution in [2.75, 3.05) is 23.7 Å². The molecule has 0 aliphatic carbocycles. The zero-order valence-electron chi connectivity index (χ0n) is 16.4. The maximum atomic E-state index is 12.1. The number of anilines is 2. The summed E-state index contributed by atoms with van der Waals surface area (Å²) in [6.07, 6.45) is 3.23. The summed E-state index contributed by atoms with van der Waals surface area (Å²) in [5.41, 5.74) is 4.59. The summed E-state index contributed by atoms with van der Waals surface area (Å²) in [5.74, 6) is -0.217. The van der Waals surface area contributed by atoms with E-state index in [9.17, 15) is 9.59 Å². The molecule has 2 aromatic rings. The van der Waals surface area contributed by atoms with Crippen LogP contribution in [0.15, 0.2) is 42.5 Å². The van der Waals surface area contributed by atoms with Crippen molar-refractivity contribution in [2.24, 2.45) is 0 Å². The lowest BCUT2D eigenvalue weighted by molar-refractivity contribution is -0.114. The lowest BCUT2D eigenvalue weighted by Crippen LogP contribution is -2.24. The van der Waals surface area contributed by atoms with Crippen LogP contribution in [0.3, 0.4) is 0 Å². The third kappa shape index (κ3) is 6.77. The molecule has 27 heavy (non-hydrogen) atoms. The minimum atomic E-state index is -0.134. The topological polar surface area (TPSA) is 70.2 Å². The van der Waals surface area contributed by atoms with Crippen LogP contribution in [0.2, 0.25) is 0 Å². The molecule has 5 nitrogen and oxygen atoms in total. The molecule has 0 atom stereocenters. The van der Waals surface area contributed by atoms with Gasteiger partial charge in [-0.3, -0.25) is 9.59 Å². The Morgan fingerprint density at radius 2 is 1.59 bits per heavy atom. The summed E-state index contributed by atoms with van der Waals surface area (Å²) in [5, 5.41) is 8.86. The molecule has 0 bridgehead atoms. The molecule has 2 aromatic carbocycles. The molecule has 0 spiro atoms. The van der Waals surface area contributed by atoms with E-state index in [4.69, 9.17) is 0 Å². The van der Waals surface area contributed by atoms with Crippen LogP contribution >= 0.6 is 0 Å². The number of carbonyl (C=O) groups is 2. The first-order valence-electron chi connectivity index (χ1n) is 9.49. The molecule has 0 fully saturated rings. The monoisotopic (exact) mass is 367 g/mol. The van der Waals surface area contributed by atoms with Crippen molar-refractivity contribution in [1.82, 2.24) is 5.32 Å². The van der Waals surface area contributed by atoms with Crippen LogP contribution in [0.1, 0.15) is 47.7 Å². The van der Waals surface area contributed by atoms with Gasteiger partial charge in [-0.05, 0) is 67.8 Å². The van der Waals surface area contributed by atoms with E-state index in [0.29, 0.717) is 17.8 Å². The second-order valence-corrected chi connectivity index (χ2v) is 6.74. The van der Waals surface area contributed by atoms with E-state index in [-0.39, 0.29) is 18.4 Å². The van der Waals surface area contributed by atoms with Crippen molar-refractivity contribution >= 4 is 23.2 Å². The highest BCUT2D eigenvalue weighted by Crippen LogP contribution is 2.14. The second kappa shape index (κ2) is 10.4. The fraction of sp³-hybridized carbons (Fsp3) is 0.364. The summed E-state index contributed by atoms with van der Waals surface area (Å²) in [4.78, 5) is 24.2. The Bertz CT molecular complexity index is 770. The first-order chi connectivity index (χ1) is 13.0. The quantitative estimate of drug-likeness (QED) is 0.580. The Morgan fingerprint density at radius 3 is 2.26 bits per heavy atom. The number of nitrogens with one attached hydrogen (secondary N) is 3. The first kappa shape index (κ1) is 20.5. The van der Waals surface area contributed by atoms with Crippen LogP contribution in [0, 0.1) is 13.8 Å². The van der Waals surface area contributed by atoms with Gasteiger partial charge < -0.3 is 16.0 Å². The Kier molecular flexibility index (Phi) is 7.86. The SMILES string of the molecule is CCCCCNC(=O)c1ccc(NC(=O)CNc2ccc(C)c(C)c2)cc1. The molecular weight excluding hydrogens is 338 g/mol. The van der Waals surface area contributed by atoms with E-state index in [1.54, 1.807) is 24.3 Å². The number of hydrogen-bond acceptors (Lipinski definition) is 3. The smallest absolute Gasteiger partial charge is 0.251 e. The summed E-state index contributed by atoms with van der Waals surface area (Å²) < 4.78 is 0. The number of hydrogen-bond donors (Lipinski definition) is 3. The van der Waals surface area contributed by atoms with Gasteiger partial charge in [0, 0.05) is 23.5 Å². The van der Waals surface area contributed by atoms with Gasteiger partial charge in [0.05, 0.1) is 6.54 Å². The molecule has 5 heteroatoms. The molecule has 0 aliphatic heterocycles. The number of unbranched alkanes of at least 4 members (excludes halogenated alkanes) is 2. The molecule has 144 valence electrons. The number of aryl methyl sites for hydroxylation is 2. The molecular formula is C22H29N3O2. The summed E-state index contributed by atoms with van der Waals surface area (Å²) in [7, 11) is 0. The highest BCUT2D eigenvalue weighted by molar-refractivity contribution is 5.96. The molecule has 0 aliphatic rings. The van der Waals surface area contributed by atoms with E-state index in [0.717, 1.165) is 24.9 Å². The maximum Gasteiger partial charge on any atom is 0.251 e. The minimum Gasteiger partial charge on any atom is -0.376 e. The molecule has 0 heterocycles. The lowest BCUT2D eigenvalue weighted by Gasteiger charge is -2.10. The average molecular weight is 367 g/mol. The molecule has 0 aromatic heterocycles. The minimum absolute atomic E-state index is 0.0830. The summed E-state index contributed by atoms with van der Waals surface area (Å²) >= 11 is 0. The number of carbonyl (C=O) groups excluding carboxylic acids is 2. The average Bonchev–Trinajstić information content (AvgIpc) is 2.66. The van der Waals surface area contributed by atoms with Crippen LogP contribution < -0.4 is 16.0 Å². The van der Waals surface area contributed by atoms with Gasteiger partial charge in [0.2, 0.25) is 5.91 Å². The Balaban J connectivity index is 1.80. The van der Waals surface area contributed by atoms with Crippen molar-refractivity contribution < 1.29 is 9.59 Å². The van der Waals surface area contributed by atoms with Gasteiger partial charge >= 0.3 is 0 Å². The van der Waals surface area contributed by atoms with Gasteiger partial charge in [-0.25, -0.2) is 0 Å². The van der Waals surface area contributed by atoms with Crippen LogP contribution in [0.5, 0.6) is 0 Å². The zero-order chi connectivity index (χ0) is 19.6. The van der Waals surface area contributed by atoms with Crippen LogP contribution in [0.4, 0.5) is 11.4 Å². The lowest BCUT2D eigenvalue weighted by atomic mass is 10.1. The Morgan fingerprint density at radius 1 is 0.889 bits per heavy atom. The number of amides is 2. The molecule has 3 N–H and O–H groups in total. The molecule has 0 radical (unpaired) electrons. The Hall–Kier alpha value is -2.82. The van der Waals surface area contributed by atoms with Gasteiger partial charge in [-0.1, -0.05) is 25.8 Å². The van der Waals surface area contributed by atoms with Crippen molar-refractivity contribution in [2.45, 2.75) is 40.0 Å². The molecule has 2 amide bonds. The van der Waals surface area contributed by atoms with E-state index in [1.807, 2.05) is 25.1 Å². The predicted octanol–water partition coefficient (Wildman–Crippen LogP) is 4.27. The third-order valence-corrected chi connectivity index (χ3v) is 4.46. The highest BCUT2D eigenvalue weighted by atomic mass is 16.2. The van der Waals surface area contributed by atoms with Gasteiger partial charge in [0.25, 0.3) is 5.91 Å². The molecule has 0 unspecified atom stereocenters. The van der Waals surface area contributed by atoms with Crippen LogP contribution in [0.25, 0.3) is 0 Å².